The molecule has 2 rings (SSSR count). The topological polar surface area (TPSA) is 64.3 Å². The molecule has 1 aromatic rings. The molecule has 0 amide bonds. The van der Waals surface area contributed by atoms with Crippen LogP contribution in [0.1, 0.15) is 25.0 Å². The highest BCUT2D eigenvalue weighted by atomic mass is 16.5. The number of nitrogen functional groups attached to an aromatic ring is 1. The predicted octanol–water partition coefficient (Wildman–Crippen LogP) is 1.09. The lowest BCUT2D eigenvalue weighted by Crippen LogP contribution is -2.37. The van der Waals surface area contributed by atoms with E-state index < -0.39 is 0 Å². The molecule has 1 aliphatic rings. The Morgan fingerprint density at radius 1 is 1.47 bits per heavy atom. The number of piperidine rings is 1. The van der Waals surface area contributed by atoms with Crippen LogP contribution in [-0.2, 0) is 6.42 Å². The lowest BCUT2D eigenvalue weighted by atomic mass is 9.98. The third-order valence-electron chi connectivity index (χ3n) is 3.40. The molecule has 1 saturated heterocycles. The van der Waals surface area contributed by atoms with Crippen LogP contribution in [0.3, 0.4) is 0 Å². The maximum atomic E-state index is 5.83. The molecule has 94 valence electrons. The van der Waals surface area contributed by atoms with Crippen molar-refractivity contribution in [3.8, 4) is 5.88 Å². The van der Waals surface area contributed by atoms with Crippen molar-refractivity contribution < 1.29 is 4.74 Å². The number of likely N-dealkylation sites (tertiary alicyclic amines) is 1. The zero-order valence-electron chi connectivity index (χ0n) is 10.5. The summed E-state index contributed by atoms with van der Waals surface area (Å²) in [5, 5.41) is 8.13. The van der Waals surface area contributed by atoms with E-state index >= 15 is 0 Å². The summed E-state index contributed by atoms with van der Waals surface area (Å²) in [6.07, 6.45) is 4.74. The van der Waals surface area contributed by atoms with Gasteiger partial charge >= 0.3 is 0 Å². The second-order valence-corrected chi connectivity index (χ2v) is 4.63. The van der Waals surface area contributed by atoms with E-state index in [9.17, 15) is 0 Å². The summed E-state index contributed by atoms with van der Waals surface area (Å²) in [5.41, 5.74) is 7.34. The van der Waals surface area contributed by atoms with Crippen LogP contribution in [0, 0.1) is 0 Å². The third kappa shape index (κ3) is 2.85. The van der Waals surface area contributed by atoms with E-state index in [0.717, 1.165) is 12.1 Å². The van der Waals surface area contributed by atoms with Gasteiger partial charge in [0.25, 0.3) is 5.88 Å². The number of aromatic nitrogens is 2. The molecule has 0 bridgehead atoms. The van der Waals surface area contributed by atoms with Gasteiger partial charge in [-0.1, -0.05) is 6.42 Å². The molecule has 0 radical (unpaired) electrons. The fourth-order valence-electron chi connectivity index (χ4n) is 2.34. The fourth-order valence-corrected chi connectivity index (χ4v) is 2.34. The molecule has 17 heavy (non-hydrogen) atoms. The number of nitrogens with two attached hydrogens (primary N) is 1. The lowest BCUT2D eigenvalue weighted by molar-refractivity contribution is 0.183. The molecular formula is C12H20N4O. The normalized spacial score (nSPS) is 21.4. The first-order valence-corrected chi connectivity index (χ1v) is 6.07. The van der Waals surface area contributed by atoms with E-state index in [1.54, 1.807) is 7.11 Å². The summed E-state index contributed by atoms with van der Waals surface area (Å²) >= 11 is 0. The van der Waals surface area contributed by atoms with E-state index in [1.807, 2.05) is 6.07 Å². The molecule has 0 aliphatic carbocycles. The molecule has 0 spiro atoms. The number of anilines is 1. The van der Waals surface area contributed by atoms with Gasteiger partial charge in [-0.3, -0.25) is 0 Å². The quantitative estimate of drug-likeness (QED) is 0.851. The second-order valence-electron chi connectivity index (χ2n) is 4.63. The van der Waals surface area contributed by atoms with E-state index in [1.165, 1.54) is 25.8 Å². The molecule has 5 heteroatoms. The van der Waals surface area contributed by atoms with Crippen molar-refractivity contribution in [2.45, 2.75) is 31.7 Å². The Morgan fingerprint density at radius 2 is 2.29 bits per heavy atom. The number of hydrogen-bond acceptors (Lipinski definition) is 5. The van der Waals surface area contributed by atoms with Gasteiger partial charge < -0.3 is 15.4 Å². The Labute approximate surface area is 102 Å². The Balaban J connectivity index is 2.05. The molecule has 0 aromatic carbocycles. The molecule has 5 nitrogen and oxygen atoms in total. The van der Waals surface area contributed by atoms with Gasteiger partial charge in [-0.2, -0.15) is 5.10 Å². The van der Waals surface area contributed by atoms with Crippen molar-refractivity contribution in [1.29, 1.82) is 0 Å². The fraction of sp³-hybridized carbons (Fsp3) is 0.667. The molecule has 1 aromatic heterocycles. The van der Waals surface area contributed by atoms with Gasteiger partial charge in [0.2, 0.25) is 0 Å². The van der Waals surface area contributed by atoms with Gasteiger partial charge in [0.05, 0.1) is 18.5 Å². The summed E-state index contributed by atoms with van der Waals surface area (Å²) in [4.78, 5) is 2.39. The van der Waals surface area contributed by atoms with E-state index in [2.05, 4.69) is 22.1 Å². The van der Waals surface area contributed by atoms with Crippen LogP contribution in [-0.4, -0.2) is 41.8 Å². The summed E-state index contributed by atoms with van der Waals surface area (Å²) in [6, 6.07) is 2.43. The number of ether oxygens (including phenoxy) is 1. The highest BCUT2D eigenvalue weighted by molar-refractivity contribution is 5.47. The Bertz CT molecular complexity index is 383. The SMILES string of the molecule is COc1nnc(CC2CCCCN2C)cc1N. The van der Waals surface area contributed by atoms with Crippen LogP contribution in [0.4, 0.5) is 5.69 Å². The minimum Gasteiger partial charge on any atom is -0.478 e. The van der Waals surface area contributed by atoms with E-state index in [4.69, 9.17) is 10.5 Å². The first kappa shape index (κ1) is 12.1. The number of likely N-dealkylation sites (N-methyl/N-ethyl adjacent to an activating group) is 1. The van der Waals surface area contributed by atoms with Gasteiger partial charge in [0.1, 0.15) is 0 Å². The first-order valence-electron chi connectivity index (χ1n) is 6.07. The van der Waals surface area contributed by atoms with Crippen molar-refractivity contribution in [3.63, 3.8) is 0 Å². The van der Waals surface area contributed by atoms with Gasteiger partial charge in [-0.05, 0) is 32.5 Å². The van der Waals surface area contributed by atoms with Crippen molar-refractivity contribution in [2.24, 2.45) is 0 Å². The summed E-state index contributed by atoms with van der Waals surface area (Å²) < 4.78 is 5.00. The number of rotatable bonds is 3. The van der Waals surface area contributed by atoms with Crippen molar-refractivity contribution >= 4 is 5.69 Å². The zero-order valence-corrected chi connectivity index (χ0v) is 10.5. The average Bonchev–Trinajstić information content (AvgIpc) is 2.32. The van der Waals surface area contributed by atoms with Crippen molar-refractivity contribution in [1.82, 2.24) is 15.1 Å². The van der Waals surface area contributed by atoms with Gasteiger partial charge in [-0.25, -0.2) is 0 Å². The van der Waals surface area contributed by atoms with Crippen LogP contribution in [0.15, 0.2) is 6.07 Å². The summed E-state index contributed by atoms with van der Waals surface area (Å²) in [5.74, 6) is 0.408. The van der Waals surface area contributed by atoms with Crippen LogP contribution >= 0.6 is 0 Å². The molecule has 1 unspecified atom stereocenters. The standard InChI is InChI=1S/C12H20N4O/c1-16-6-4-3-5-10(16)7-9-8-11(13)12(17-2)15-14-9/h8,10H,3-7H2,1-2H3,(H2,13,14). The Kier molecular flexibility index (Phi) is 3.78. The predicted molar refractivity (Wildman–Crippen MR) is 67.0 cm³/mol. The monoisotopic (exact) mass is 236 g/mol. The van der Waals surface area contributed by atoms with Crippen LogP contribution < -0.4 is 10.5 Å². The van der Waals surface area contributed by atoms with Crippen LogP contribution in [0.25, 0.3) is 0 Å². The largest absolute Gasteiger partial charge is 0.478 e. The molecule has 2 N–H and O–H groups in total. The number of nitrogens with zero attached hydrogens (tertiary/aromatic N) is 3. The van der Waals surface area contributed by atoms with Gasteiger partial charge in [0.15, 0.2) is 0 Å². The van der Waals surface area contributed by atoms with Crippen LogP contribution in [0.2, 0.25) is 0 Å². The third-order valence-corrected chi connectivity index (χ3v) is 3.40. The molecule has 1 aliphatic heterocycles. The molecule has 2 heterocycles. The average molecular weight is 236 g/mol. The zero-order chi connectivity index (χ0) is 12.3. The summed E-state index contributed by atoms with van der Waals surface area (Å²) in [7, 11) is 3.72. The molecule has 0 saturated carbocycles. The second kappa shape index (κ2) is 5.31. The maximum Gasteiger partial charge on any atom is 0.256 e. The Morgan fingerprint density at radius 3 is 2.94 bits per heavy atom. The molecule has 1 fully saturated rings. The highest BCUT2D eigenvalue weighted by Crippen LogP contribution is 2.21. The lowest BCUT2D eigenvalue weighted by Gasteiger charge is -2.32. The first-order chi connectivity index (χ1) is 8.20. The number of methoxy groups -OCH3 is 1. The maximum absolute atomic E-state index is 5.83. The highest BCUT2D eigenvalue weighted by Gasteiger charge is 2.20. The Hall–Kier alpha value is -1.36. The summed E-state index contributed by atoms with van der Waals surface area (Å²) in [6.45, 7) is 1.17. The minimum absolute atomic E-state index is 0.408. The molecular weight excluding hydrogens is 216 g/mol. The van der Waals surface area contributed by atoms with Crippen molar-refractivity contribution in [3.05, 3.63) is 11.8 Å². The minimum atomic E-state index is 0.408. The van der Waals surface area contributed by atoms with E-state index in [-0.39, 0.29) is 0 Å². The van der Waals surface area contributed by atoms with Gasteiger partial charge in [0, 0.05) is 12.5 Å². The smallest absolute Gasteiger partial charge is 0.256 e. The van der Waals surface area contributed by atoms with Crippen LogP contribution in [0.5, 0.6) is 5.88 Å². The van der Waals surface area contributed by atoms with Gasteiger partial charge in [-0.15, -0.1) is 5.10 Å². The molecule has 1 atom stereocenters. The van der Waals surface area contributed by atoms with E-state index in [0.29, 0.717) is 17.6 Å². The number of hydrogen-bond donors (Lipinski definition) is 1. The van der Waals surface area contributed by atoms with Crippen molar-refractivity contribution in [2.75, 3.05) is 26.4 Å².